The molecular formula is C12H20. The van der Waals surface area contributed by atoms with Crippen LogP contribution in [0.25, 0.3) is 0 Å². The molecule has 0 aromatic heterocycles. The van der Waals surface area contributed by atoms with Crippen LogP contribution in [-0.4, -0.2) is 0 Å². The van der Waals surface area contributed by atoms with E-state index in [0.29, 0.717) is 0 Å². The highest BCUT2D eigenvalue weighted by Crippen LogP contribution is 2.22. The van der Waals surface area contributed by atoms with Gasteiger partial charge in [0.25, 0.3) is 0 Å². The van der Waals surface area contributed by atoms with Gasteiger partial charge in [0.05, 0.1) is 0 Å². The fourth-order valence-electron chi connectivity index (χ4n) is 1.73. The molecule has 0 heteroatoms. The van der Waals surface area contributed by atoms with Gasteiger partial charge in [-0.1, -0.05) is 23.8 Å². The Balaban J connectivity index is 2.15. The van der Waals surface area contributed by atoms with Crippen molar-refractivity contribution in [2.45, 2.75) is 46.0 Å². The predicted octanol–water partition coefficient (Wildman–Crippen LogP) is 4.09. The minimum Gasteiger partial charge on any atom is -0.0885 e. The summed E-state index contributed by atoms with van der Waals surface area (Å²) in [6.07, 6.45) is 13.7. The Morgan fingerprint density at radius 1 is 1.42 bits per heavy atom. The molecule has 1 unspecified atom stereocenters. The second-order valence-corrected chi connectivity index (χ2v) is 4.01. The average molecular weight is 164 g/mol. The normalized spacial score (nSPS) is 22.3. The minimum atomic E-state index is 0.964. The first kappa shape index (κ1) is 9.57. The van der Waals surface area contributed by atoms with Gasteiger partial charge in [0.2, 0.25) is 0 Å². The molecule has 0 saturated carbocycles. The van der Waals surface area contributed by atoms with Gasteiger partial charge >= 0.3 is 0 Å². The van der Waals surface area contributed by atoms with Crippen molar-refractivity contribution in [3.63, 3.8) is 0 Å². The first-order chi connectivity index (χ1) is 5.79. The van der Waals surface area contributed by atoms with Crippen LogP contribution >= 0.6 is 0 Å². The van der Waals surface area contributed by atoms with Gasteiger partial charge in [-0.3, -0.25) is 0 Å². The summed E-state index contributed by atoms with van der Waals surface area (Å²) in [5, 5.41) is 0. The summed E-state index contributed by atoms with van der Waals surface area (Å²) in [5.41, 5.74) is 1.46. The van der Waals surface area contributed by atoms with Gasteiger partial charge < -0.3 is 0 Å². The molecule has 0 fully saturated rings. The van der Waals surface area contributed by atoms with Crippen molar-refractivity contribution in [3.05, 3.63) is 23.8 Å². The lowest BCUT2D eigenvalue weighted by Gasteiger charge is -2.16. The molecular weight excluding hydrogens is 144 g/mol. The standard InChI is InChI=1S/C12H20/c1-11(2)7-6-10-12-8-4-3-5-9-12/h3-4,7,12H,5-6,8-10H2,1-2H3. The van der Waals surface area contributed by atoms with Crippen molar-refractivity contribution < 1.29 is 0 Å². The van der Waals surface area contributed by atoms with Crippen LogP contribution in [0.15, 0.2) is 23.8 Å². The third-order valence-electron chi connectivity index (χ3n) is 2.51. The van der Waals surface area contributed by atoms with Crippen LogP contribution in [0.1, 0.15) is 46.0 Å². The maximum Gasteiger partial charge on any atom is -0.0322 e. The van der Waals surface area contributed by atoms with Crippen molar-refractivity contribution >= 4 is 0 Å². The summed E-state index contributed by atoms with van der Waals surface area (Å²) in [7, 11) is 0. The molecule has 0 nitrogen and oxygen atoms in total. The fraction of sp³-hybridized carbons (Fsp3) is 0.667. The van der Waals surface area contributed by atoms with E-state index < -0.39 is 0 Å². The number of hydrogen-bond acceptors (Lipinski definition) is 0. The molecule has 12 heavy (non-hydrogen) atoms. The second-order valence-electron chi connectivity index (χ2n) is 4.01. The summed E-state index contributed by atoms with van der Waals surface area (Å²) in [6, 6.07) is 0. The van der Waals surface area contributed by atoms with Gasteiger partial charge in [-0.25, -0.2) is 0 Å². The molecule has 0 spiro atoms. The van der Waals surface area contributed by atoms with Gasteiger partial charge in [0.15, 0.2) is 0 Å². The van der Waals surface area contributed by atoms with Gasteiger partial charge in [0, 0.05) is 0 Å². The van der Waals surface area contributed by atoms with E-state index in [9.17, 15) is 0 Å². The zero-order valence-corrected chi connectivity index (χ0v) is 8.34. The Bertz CT molecular complexity index is 170. The molecule has 68 valence electrons. The monoisotopic (exact) mass is 164 g/mol. The van der Waals surface area contributed by atoms with Crippen molar-refractivity contribution in [1.29, 1.82) is 0 Å². The predicted molar refractivity (Wildman–Crippen MR) is 55.1 cm³/mol. The summed E-state index contributed by atoms with van der Waals surface area (Å²) in [6.45, 7) is 4.36. The lowest BCUT2D eigenvalue weighted by atomic mass is 9.90. The summed E-state index contributed by atoms with van der Waals surface area (Å²) in [5.74, 6) is 0.964. The zero-order valence-electron chi connectivity index (χ0n) is 8.34. The lowest BCUT2D eigenvalue weighted by Crippen LogP contribution is -2.01. The molecule has 0 saturated heterocycles. The van der Waals surface area contributed by atoms with Crippen LogP contribution in [0.2, 0.25) is 0 Å². The van der Waals surface area contributed by atoms with Crippen molar-refractivity contribution in [2.75, 3.05) is 0 Å². The van der Waals surface area contributed by atoms with E-state index in [1.165, 1.54) is 37.7 Å². The van der Waals surface area contributed by atoms with E-state index in [1.807, 2.05) is 0 Å². The van der Waals surface area contributed by atoms with Crippen molar-refractivity contribution in [2.24, 2.45) is 5.92 Å². The van der Waals surface area contributed by atoms with Crippen molar-refractivity contribution in [1.82, 2.24) is 0 Å². The molecule has 1 aliphatic rings. The van der Waals surface area contributed by atoms with E-state index in [1.54, 1.807) is 0 Å². The van der Waals surface area contributed by atoms with Gasteiger partial charge in [-0.2, -0.15) is 0 Å². The Morgan fingerprint density at radius 3 is 2.83 bits per heavy atom. The van der Waals surface area contributed by atoms with Crippen LogP contribution < -0.4 is 0 Å². The Hall–Kier alpha value is -0.520. The highest BCUT2D eigenvalue weighted by molar-refractivity contribution is 4.95. The smallest absolute Gasteiger partial charge is 0.0322 e. The Kier molecular flexibility index (Phi) is 4.13. The molecule has 0 radical (unpaired) electrons. The first-order valence-electron chi connectivity index (χ1n) is 5.07. The molecule has 0 aliphatic heterocycles. The van der Waals surface area contributed by atoms with Gasteiger partial charge in [-0.05, 0) is 51.9 Å². The largest absolute Gasteiger partial charge is 0.0885 e. The van der Waals surface area contributed by atoms with Crippen LogP contribution in [0.4, 0.5) is 0 Å². The van der Waals surface area contributed by atoms with E-state index in [-0.39, 0.29) is 0 Å². The first-order valence-corrected chi connectivity index (χ1v) is 5.07. The molecule has 0 bridgehead atoms. The Morgan fingerprint density at radius 2 is 2.25 bits per heavy atom. The minimum absolute atomic E-state index is 0.964. The third kappa shape index (κ3) is 3.75. The van der Waals surface area contributed by atoms with Crippen LogP contribution in [0.3, 0.4) is 0 Å². The topological polar surface area (TPSA) is 0 Å². The second kappa shape index (κ2) is 5.18. The molecule has 0 aromatic carbocycles. The highest BCUT2D eigenvalue weighted by Gasteiger charge is 2.07. The molecule has 1 aliphatic carbocycles. The molecule has 0 amide bonds. The molecule has 0 N–H and O–H groups in total. The maximum absolute atomic E-state index is 2.36. The van der Waals surface area contributed by atoms with E-state index >= 15 is 0 Å². The van der Waals surface area contributed by atoms with E-state index in [2.05, 4.69) is 32.1 Å². The quantitative estimate of drug-likeness (QED) is 0.551. The highest BCUT2D eigenvalue weighted by atomic mass is 14.1. The van der Waals surface area contributed by atoms with E-state index in [0.717, 1.165) is 5.92 Å². The molecule has 1 rings (SSSR count). The Labute approximate surface area is 76.4 Å². The summed E-state index contributed by atoms with van der Waals surface area (Å²) >= 11 is 0. The lowest BCUT2D eigenvalue weighted by molar-refractivity contribution is 0.449. The number of rotatable bonds is 3. The van der Waals surface area contributed by atoms with Crippen LogP contribution in [0, 0.1) is 5.92 Å². The maximum atomic E-state index is 2.36. The van der Waals surface area contributed by atoms with Crippen LogP contribution in [0.5, 0.6) is 0 Å². The van der Waals surface area contributed by atoms with Gasteiger partial charge in [-0.15, -0.1) is 0 Å². The average Bonchev–Trinajstić information content (AvgIpc) is 2.05. The molecule has 0 heterocycles. The SMILES string of the molecule is CC(C)=CCCC1CC=CCC1. The third-order valence-corrected chi connectivity index (χ3v) is 2.51. The summed E-state index contributed by atoms with van der Waals surface area (Å²) in [4.78, 5) is 0. The van der Waals surface area contributed by atoms with Crippen LogP contribution in [-0.2, 0) is 0 Å². The number of hydrogen-bond donors (Lipinski definition) is 0. The molecule has 0 aromatic rings. The number of allylic oxidation sites excluding steroid dienone is 4. The van der Waals surface area contributed by atoms with Gasteiger partial charge in [0.1, 0.15) is 0 Å². The fourth-order valence-corrected chi connectivity index (χ4v) is 1.73. The summed E-state index contributed by atoms with van der Waals surface area (Å²) < 4.78 is 0. The van der Waals surface area contributed by atoms with E-state index in [4.69, 9.17) is 0 Å². The van der Waals surface area contributed by atoms with Crippen molar-refractivity contribution in [3.8, 4) is 0 Å². The zero-order chi connectivity index (χ0) is 8.81. The molecule has 1 atom stereocenters.